The number of benzene rings is 2. The Morgan fingerprint density at radius 3 is 2.38 bits per heavy atom. The summed E-state index contributed by atoms with van der Waals surface area (Å²) in [6.45, 7) is 10.0. The maximum absolute atomic E-state index is 11.9. The number of hydrogen-bond donors (Lipinski definition) is 2. The molecule has 8 heteroatoms. The van der Waals surface area contributed by atoms with Gasteiger partial charge in [-0.25, -0.2) is 0 Å². The highest BCUT2D eigenvalue weighted by atomic mass is 32.1. The molecule has 1 fully saturated rings. The molecular formula is C31H33N5O2S. The van der Waals surface area contributed by atoms with Crippen LogP contribution in [0.1, 0.15) is 52.8 Å². The number of anilines is 2. The lowest BCUT2D eigenvalue weighted by Gasteiger charge is -2.29. The second-order valence-electron chi connectivity index (χ2n) is 10.1. The SMILES string of the molecule is COc1ccc(N2C(=S)N[C@@H](c3ccccn3)[C@H]2c2cc(C)n(-c3cc(C)cc(C)c3)c2C)cc1NC(C)=O. The van der Waals surface area contributed by atoms with Crippen molar-refractivity contribution in [1.82, 2.24) is 14.9 Å². The van der Waals surface area contributed by atoms with Crippen LogP contribution in [-0.4, -0.2) is 27.7 Å². The van der Waals surface area contributed by atoms with Crippen LogP contribution in [0.4, 0.5) is 11.4 Å². The fraction of sp³-hybridized carbons (Fsp3) is 0.258. The Hall–Kier alpha value is -4.17. The van der Waals surface area contributed by atoms with E-state index in [9.17, 15) is 4.79 Å². The van der Waals surface area contributed by atoms with Gasteiger partial charge < -0.3 is 24.8 Å². The number of carbonyl (C=O) groups is 1. The Morgan fingerprint density at radius 1 is 1.00 bits per heavy atom. The Labute approximate surface area is 234 Å². The quantitative estimate of drug-likeness (QED) is 0.282. The minimum Gasteiger partial charge on any atom is -0.495 e. The van der Waals surface area contributed by atoms with E-state index in [-0.39, 0.29) is 18.0 Å². The van der Waals surface area contributed by atoms with Crippen LogP contribution in [0.2, 0.25) is 0 Å². The summed E-state index contributed by atoms with van der Waals surface area (Å²) in [5, 5.41) is 7.01. The van der Waals surface area contributed by atoms with Crippen LogP contribution in [-0.2, 0) is 4.79 Å². The summed E-state index contributed by atoms with van der Waals surface area (Å²) >= 11 is 5.94. The number of hydrogen-bond acceptors (Lipinski definition) is 4. The second kappa shape index (κ2) is 10.5. The zero-order valence-corrected chi connectivity index (χ0v) is 23.9. The molecule has 39 heavy (non-hydrogen) atoms. The standard InChI is InChI=1S/C31H33N5O2S/c1-18-13-19(2)15-24(14-18)35-20(3)16-25(21(35)4)30-29(26-9-7-8-12-32-26)34-31(39)36(30)23-10-11-28(38-6)27(17-23)33-22(5)37/h7-17,29-30H,1-6H3,(H,33,37)(H,34,39)/t29-,30+/m0/s1. The first-order valence-electron chi connectivity index (χ1n) is 12.9. The van der Waals surface area contributed by atoms with Crippen molar-refractivity contribution in [3.8, 4) is 11.4 Å². The highest BCUT2D eigenvalue weighted by molar-refractivity contribution is 7.80. The molecular weight excluding hydrogens is 506 g/mol. The number of nitrogens with zero attached hydrogens (tertiary/aromatic N) is 3. The maximum atomic E-state index is 11.9. The van der Waals surface area contributed by atoms with Crippen molar-refractivity contribution in [2.45, 2.75) is 46.7 Å². The van der Waals surface area contributed by atoms with Crippen molar-refractivity contribution in [3.05, 3.63) is 101 Å². The number of aryl methyl sites for hydroxylation is 3. The van der Waals surface area contributed by atoms with Crippen LogP contribution >= 0.6 is 12.2 Å². The van der Waals surface area contributed by atoms with Gasteiger partial charge in [0.2, 0.25) is 5.91 Å². The molecule has 0 radical (unpaired) electrons. The van der Waals surface area contributed by atoms with Gasteiger partial charge in [-0.1, -0.05) is 12.1 Å². The lowest BCUT2D eigenvalue weighted by atomic mass is 9.96. The van der Waals surface area contributed by atoms with Gasteiger partial charge >= 0.3 is 0 Å². The molecule has 200 valence electrons. The van der Waals surface area contributed by atoms with E-state index in [1.807, 2.05) is 36.4 Å². The summed E-state index contributed by atoms with van der Waals surface area (Å²) in [7, 11) is 1.59. The third kappa shape index (κ3) is 5.00. The summed E-state index contributed by atoms with van der Waals surface area (Å²) < 4.78 is 7.81. The smallest absolute Gasteiger partial charge is 0.221 e. The fourth-order valence-electron chi connectivity index (χ4n) is 5.65. The Morgan fingerprint density at radius 2 is 1.74 bits per heavy atom. The molecule has 1 aliphatic heterocycles. The fourth-order valence-corrected chi connectivity index (χ4v) is 5.99. The molecule has 4 aromatic rings. The van der Waals surface area contributed by atoms with Crippen LogP contribution in [0, 0.1) is 27.7 Å². The number of aromatic nitrogens is 2. The minimum absolute atomic E-state index is 0.174. The summed E-state index contributed by atoms with van der Waals surface area (Å²) in [4.78, 5) is 18.7. The Balaban J connectivity index is 1.69. The van der Waals surface area contributed by atoms with E-state index in [0.29, 0.717) is 16.5 Å². The monoisotopic (exact) mass is 539 g/mol. The third-order valence-corrected chi connectivity index (χ3v) is 7.44. The zero-order valence-electron chi connectivity index (χ0n) is 23.1. The van der Waals surface area contributed by atoms with Gasteiger partial charge in [-0.15, -0.1) is 0 Å². The number of thiocarbonyl (C=S) groups is 1. The van der Waals surface area contributed by atoms with Crippen molar-refractivity contribution in [3.63, 3.8) is 0 Å². The van der Waals surface area contributed by atoms with Gasteiger partial charge in [-0.3, -0.25) is 9.78 Å². The van der Waals surface area contributed by atoms with E-state index in [4.69, 9.17) is 21.9 Å². The summed E-state index contributed by atoms with van der Waals surface area (Å²) in [6.07, 6.45) is 1.81. The molecule has 2 aromatic carbocycles. The molecule has 1 saturated heterocycles. The van der Waals surface area contributed by atoms with Gasteiger partial charge in [0.05, 0.1) is 30.6 Å². The Bertz CT molecular complexity index is 1540. The van der Waals surface area contributed by atoms with Gasteiger partial charge in [0.1, 0.15) is 5.75 Å². The first-order chi connectivity index (χ1) is 18.7. The van der Waals surface area contributed by atoms with Gasteiger partial charge in [0, 0.05) is 35.9 Å². The topological polar surface area (TPSA) is 71.4 Å². The average molecular weight is 540 g/mol. The van der Waals surface area contributed by atoms with Crippen LogP contribution in [0.5, 0.6) is 5.75 Å². The average Bonchev–Trinajstić information content (AvgIpc) is 3.38. The molecule has 7 nitrogen and oxygen atoms in total. The number of methoxy groups -OCH3 is 1. The third-order valence-electron chi connectivity index (χ3n) is 7.12. The number of carbonyl (C=O) groups excluding carboxylic acids is 1. The number of amides is 1. The van der Waals surface area contributed by atoms with E-state index in [1.54, 1.807) is 13.3 Å². The predicted molar refractivity (Wildman–Crippen MR) is 160 cm³/mol. The van der Waals surface area contributed by atoms with Crippen molar-refractivity contribution < 1.29 is 9.53 Å². The number of pyridine rings is 1. The molecule has 0 unspecified atom stereocenters. The molecule has 3 heterocycles. The van der Waals surface area contributed by atoms with E-state index in [1.165, 1.54) is 18.1 Å². The van der Waals surface area contributed by atoms with Crippen LogP contribution in [0.3, 0.4) is 0 Å². The largest absolute Gasteiger partial charge is 0.495 e. The second-order valence-corrected chi connectivity index (χ2v) is 10.5. The normalized spacial score (nSPS) is 16.8. The van der Waals surface area contributed by atoms with Crippen LogP contribution < -0.4 is 20.3 Å². The molecule has 0 saturated carbocycles. The van der Waals surface area contributed by atoms with Crippen LogP contribution in [0.15, 0.2) is 66.9 Å². The van der Waals surface area contributed by atoms with Gasteiger partial charge in [-0.05, 0) is 105 Å². The molecule has 5 rings (SSSR count). The molecule has 2 N–H and O–H groups in total. The first-order valence-corrected chi connectivity index (χ1v) is 13.3. The number of nitrogens with one attached hydrogen (secondary N) is 2. The molecule has 2 atom stereocenters. The summed E-state index contributed by atoms with van der Waals surface area (Å²) in [5.74, 6) is 0.408. The summed E-state index contributed by atoms with van der Waals surface area (Å²) in [5.41, 5.74) is 9.34. The van der Waals surface area contributed by atoms with Crippen LogP contribution in [0.25, 0.3) is 5.69 Å². The van der Waals surface area contributed by atoms with Gasteiger partial charge in [0.15, 0.2) is 5.11 Å². The first kappa shape index (κ1) is 26.4. The van der Waals surface area contributed by atoms with E-state index < -0.39 is 0 Å². The van der Waals surface area contributed by atoms with Gasteiger partial charge in [-0.2, -0.15) is 0 Å². The van der Waals surface area contributed by atoms with Crippen molar-refractivity contribution >= 4 is 34.6 Å². The highest BCUT2D eigenvalue weighted by Gasteiger charge is 2.42. The number of ether oxygens (including phenoxy) is 1. The molecule has 1 amide bonds. The van der Waals surface area contributed by atoms with Gasteiger partial charge in [0.25, 0.3) is 0 Å². The molecule has 0 spiro atoms. The zero-order chi connectivity index (χ0) is 27.8. The molecule has 2 aromatic heterocycles. The molecule has 0 aliphatic carbocycles. The van der Waals surface area contributed by atoms with Crippen molar-refractivity contribution in [1.29, 1.82) is 0 Å². The van der Waals surface area contributed by atoms with E-state index in [0.717, 1.165) is 34.0 Å². The molecule has 1 aliphatic rings. The highest BCUT2D eigenvalue weighted by Crippen LogP contribution is 2.45. The lowest BCUT2D eigenvalue weighted by Crippen LogP contribution is -2.29. The number of rotatable bonds is 6. The predicted octanol–water partition coefficient (Wildman–Crippen LogP) is 6.25. The lowest BCUT2D eigenvalue weighted by molar-refractivity contribution is -0.114. The van der Waals surface area contributed by atoms with E-state index >= 15 is 0 Å². The minimum atomic E-state index is -0.183. The van der Waals surface area contributed by atoms with Crippen molar-refractivity contribution in [2.75, 3.05) is 17.3 Å². The Kier molecular flexibility index (Phi) is 7.14. The van der Waals surface area contributed by atoms with E-state index in [2.05, 4.69) is 72.1 Å². The van der Waals surface area contributed by atoms with Crippen molar-refractivity contribution in [2.24, 2.45) is 0 Å². The maximum Gasteiger partial charge on any atom is 0.221 e. The summed E-state index contributed by atoms with van der Waals surface area (Å²) in [6, 6.07) is 20.2. The molecule has 0 bridgehead atoms.